The predicted octanol–water partition coefficient (Wildman–Crippen LogP) is 4.78. The Kier molecular flexibility index (Phi) is 7.07. The van der Waals surface area contributed by atoms with Crippen LogP contribution >= 0.6 is 11.6 Å². The maximum Gasteiger partial charge on any atom is 0.259 e. The highest BCUT2D eigenvalue weighted by molar-refractivity contribution is 6.34. The van der Waals surface area contributed by atoms with Crippen LogP contribution in [0, 0.1) is 0 Å². The minimum absolute atomic E-state index is 0.0444. The van der Waals surface area contributed by atoms with Crippen LogP contribution in [0.15, 0.2) is 48.8 Å². The molecule has 1 aromatic carbocycles. The largest absolute Gasteiger partial charge is 0.339 e. The van der Waals surface area contributed by atoms with E-state index < -0.39 is 0 Å². The molecule has 0 saturated carbocycles. The van der Waals surface area contributed by atoms with Gasteiger partial charge < -0.3 is 10.2 Å². The van der Waals surface area contributed by atoms with E-state index in [0.29, 0.717) is 40.7 Å². The third-order valence-corrected chi connectivity index (χ3v) is 5.28. The van der Waals surface area contributed by atoms with Gasteiger partial charge in [0.1, 0.15) is 0 Å². The molecule has 8 heteroatoms. The van der Waals surface area contributed by atoms with Gasteiger partial charge in [0.15, 0.2) is 5.82 Å². The van der Waals surface area contributed by atoms with Crippen LogP contribution in [0.4, 0.5) is 5.69 Å². The first-order valence-electron chi connectivity index (χ1n) is 10.3. The zero-order valence-corrected chi connectivity index (χ0v) is 18.8. The van der Waals surface area contributed by atoms with Crippen LogP contribution in [0.2, 0.25) is 5.02 Å². The summed E-state index contributed by atoms with van der Waals surface area (Å²) < 4.78 is 1.68. The first-order chi connectivity index (χ1) is 14.9. The van der Waals surface area contributed by atoms with Crippen molar-refractivity contribution >= 4 is 29.1 Å². The summed E-state index contributed by atoms with van der Waals surface area (Å²) in [5.74, 6) is 0.256. The van der Waals surface area contributed by atoms with Crippen molar-refractivity contribution in [3.8, 4) is 5.82 Å². The molecule has 0 aliphatic rings. The number of nitrogens with one attached hydrogen (secondary N) is 1. The topological polar surface area (TPSA) is 80.1 Å². The number of aromatic nitrogens is 3. The van der Waals surface area contributed by atoms with Gasteiger partial charge in [0.25, 0.3) is 11.8 Å². The average Bonchev–Trinajstić information content (AvgIpc) is 3.21. The molecule has 0 aliphatic carbocycles. The highest BCUT2D eigenvalue weighted by Crippen LogP contribution is 2.26. The van der Waals surface area contributed by atoms with E-state index in [1.807, 2.05) is 45.9 Å². The Morgan fingerprint density at radius 2 is 1.87 bits per heavy atom. The van der Waals surface area contributed by atoms with Crippen LogP contribution in [0.5, 0.6) is 0 Å². The second-order valence-corrected chi connectivity index (χ2v) is 7.73. The Balaban J connectivity index is 1.86. The Bertz CT molecular complexity index is 1070. The molecule has 162 valence electrons. The van der Waals surface area contributed by atoms with Crippen LogP contribution in [-0.2, 0) is 0 Å². The van der Waals surface area contributed by atoms with Gasteiger partial charge >= 0.3 is 0 Å². The van der Waals surface area contributed by atoms with Gasteiger partial charge in [-0.05, 0) is 50.1 Å². The Morgan fingerprint density at radius 3 is 2.45 bits per heavy atom. The molecule has 0 atom stereocenters. The molecule has 0 unspecified atom stereocenters. The monoisotopic (exact) mass is 439 g/mol. The summed E-state index contributed by atoms with van der Waals surface area (Å²) in [5, 5.41) is 7.54. The van der Waals surface area contributed by atoms with Crippen LogP contribution < -0.4 is 5.32 Å². The summed E-state index contributed by atoms with van der Waals surface area (Å²) in [4.78, 5) is 31.6. The van der Waals surface area contributed by atoms with Crippen molar-refractivity contribution in [2.24, 2.45) is 0 Å². The molecule has 31 heavy (non-hydrogen) atoms. The standard InChI is InChI=1S/C23H26ClN5O2/c1-5-28(6-2)23(31)17-11-10-16(13-19(17)24)27-22(30)18-14-26-29(21(18)15(3)4)20-9-7-8-12-25-20/h7-15H,5-6H2,1-4H3,(H,27,30). The highest BCUT2D eigenvalue weighted by atomic mass is 35.5. The summed E-state index contributed by atoms with van der Waals surface area (Å²) in [6.07, 6.45) is 3.23. The molecule has 0 radical (unpaired) electrons. The van der Waals surface area contributed by atoms with E-state index in [1.165, 1.54) is 0 Å². The summed E-state index contributed by atoms with van der Waals surface area (Å²) in [6.45, 7) is 9.03. The lowest BCUT2D eigenvalue weighted by molar-refractivity contribution is 0.0773. The molecule has 7 nitrogen and oxygen atoms in total. The van der Waals surface area contributed by atoms with Crippen molar-refractivity contribution in [3.63, 3.8) is 0 Å². The smallest absolute Gasteiger partial charge is 0.259 e. The molecular formula is C23H26ClN5O2. The number of benzene rings is 1. The minimum Gasteiger partial charge on any atom is -0.339 e. The SMILES string of the molecule is CCN(CC)C(=O)c1ccc(NC(=O)c2cnn(-c3ccccn3)c2C(C)C)cc1Cl. The van der Waals surface area contributed by atoms with Crippen LogP contribution in [0.25, 0.3) is 5.82 Å². The molecule has 2 heterocycles. The highest BCUT2D eigenvalue weighted by Gasteiger charge is 2.22. The molecular weight excluding hydrogens is 414 g/mol. The maximum atomic E-state index is 13.0. The molecule has 0 aliphatic heterocycles. The minimum atomic E-state index is -0.301. The Hall–Kier alpha value is -3.19. The Labute approximate surface area is 187 Å². The number of hydrogen-bond donors (Lipinski definition) is 1. The molecule has 3 aromatic rings. The average molecular weight is 440 g/mol. The normalized spacial score (nSPS) is 10.9. The zero-order valence-electron chi connectivity index (χ0n) is 18.1. The van der Waals surface area contributed by atoms with Gasteiger partial charge in [0.2, 0.25) is 0 Å². The van der Waals surface area contributed by atoms with Gasteiger partial charge in [-0.25, -0.2) is 9.67 Å². The van der Waals surface area contributed by atoms with E-state index in [1.54, 1.807) is 40.2 Å². The number of carbonyl (C=O) groups excluding carboxylic acids is 2. The van der Waals surface area contributed by atoms with Gasteiger partial charge in [-0.1, -0.05) is 31.5 Å². The number of nitrogens with zero attached hydrogens (tertiary/aromatic N) is 4. The van der Waals surface area contributed by atoms with Gasteiger partial charge in [-0.15, -0.1) is 0 Å². The van der Waals surface area contributed by atoms with Gasteiger partial charge in [-0.2, -0.15) is 5.10 Å². The first kappa shape index (κ1) is 22.5. The fraction of sp³-hybridized carbons (Fsp3) is 0.304. The molecule has 0 fully saturated rings. The molecule has 2 amide bonds. The fourth-order valence-electron chi connectivity index (χ4n) is 3.40. The van der Waals surface area contributed by atoms with E-state index in [4.69, 9.17) is 11.6 Å². The molecule has 0 spiro atoms. The van der Waals surface area contributed by atoms with Gasteiger partial charge in [0.05, 0.1) is 28.0 Å². The van der Waals surface area contributed by atoms with E-state index in [9.17, 15) is 9.59 Å². The number of pyridine rings is 1. The number of rotatable bonds is 7. The van der Waals surface area contributed by atoms with Gasteiger partial charge in [-0.3, -0.25) is 9.59 Å². The quantitative estimate of drug-likeness (QED) is 0.574. The van der Waals surface area contributed by atoms with Crippen molar-refractivity contribution in [1.82, 2.24) is 19.7 Å². The molecule has 2 aromatic heterocycles. The molecule has 1 N–H and O–H groups in total. The fourth-order valence-corrected chi connectivity index (χ4v) is 3.66. The van der Waals surface area contributed by atoms with Crippen molar-refractivity contribution in [3.05, 3.63) is 70.6 Å². The van der Waals surface area contributed by atoms with E-state index in [2.05, 4.69) is 15.4 Å². The first-order valence-corrected chi connectivity index (χ1v) is 10.6. The summed E-state index contributed by atoms with van der Waals surface area (Å²) in [6, 6.07) is 10.4. The van der Waals surface area contributed by atoms with Crippen LogP contribution in [-0.4, -0.2) is 44.6 Å². The second kappa shape index (κ2) is 9.75. The van der Waals surface area contributed by atoms with Gasteiger partial charge in [0, 0.05) is 25.0 Å². The number of anilines is 1. The second-order valence-electron chi connectivity index (χ2n) is 7.32. The van der Waals surface area contributed by atoms with Crippen molar-refractivity contribution in [1.29, 1.82) is 0 Å². The van der Waals surface area contributed by atoms with Crippen molar-refractivity contribution in [2.75, 3.05) is 18.4 Å². The Morgan fingerprint density at radius 1 is 1.13 bits per heavy atom. The third-order valence-electron chi connectivity index (χ3n) is 4.97. The zero-order chi connectivity index (χ0) is 22.5. The number of halogens is 1. The van der Waals surface area contributed by atoms with E-state index in [0.717, 1.165) is 5.69 Å². The maximum absolute atomic E-state index is 13.0. The number of hydrogen-bond acceptors (Lipinski definition) is 4. The lowest BCUT2D eigenvalue weighted by Crippen LogP contribution is -2.30. The molecule has 0 saturated heterocycles. The molecule has 0 bridgehead atoms. The predicted molar refractivity (Wildman–Crippen MR) is 122 cm³/mol. The summed E-state index contributed by atoms with van der Waals surface area (Å²) in [5.41, 5.74) is 2.14. The summed E-state index contributed by atoms with van der Waals surface area (Å²) in [7, 11) is 0. The van der Waals surface area contributed by atoms with E-state index >= 15 is 0 Å². The van der Waals surface area contributed by atoms with E-state index in [-0.39, 0.29) is 17.7 Å². The lowest BCUT2D eigenvalue weighted by atomic mass is 10.1. The number of amides is 2. The molecule has 3 rings (SSSR count). The third kappa shape index (κ3) is 4.77. The van der Waals surface area contributed by atoms with Crippen LogP contribution in [0.1, 0.15) is 60.0 Å². The van der Waals surface area contributed by atoms with Crippen molar-refractivity contribution < 1.29 is 9.59 Å². The van der Waals surface area contributed by atoms with Crippen molar-refractivity contribution in [2.45, 2.75) is 33.6 Å². The van der Waals surface area contributed by atoms with Crippen LogP contribution in [0.3, 0.4) is 0 Å². The number of carbonyl (C=O) groups is 2. The lowest BCUT2D eigenvalue weighted by Gasteiger charge is -2.19. The summed E-state index contributed by atoms with van der Waals surface area (Å²) >= 11 is 6.35.